The Bertz CT molecular complexity index is 685. The quantitative estimate of drug-likeness (QED) is 0.327. The van der Waals surface area contributed by atoms with Gasteiger partial charge < -0.3 is 4.74 Å². The lowest BCUT2D eigenvalue weighted by atomic mass is 9.47. The van der Waals surface area contributed by atoms with Gasteiger partial charge in [-0.15, -0.1) is 0 Å². The lowest BCUT2D eigenvalue weighted by Gasteiger charge is -2.59. The zero-order valence-electron chi connectivity index (χ0n) is 17.1. The normalized spacial score (nSPS) is 48.7. The summed E-state index contributed by atoms with van der Waals surface area (Å²) in [6, 6.07) is 0. The first kappa shape index (κ1) is 19.7. The van der Waals surface area contributed by atoms with Crippen LogP contribution in [0.15, 0.2) is 11.6 Å². The maximum absolute atomic E-state index is 12.3. The van der Waals surface area contributed by atoms with Crippen LogP contribution in [-0.4, -0.2) is 22.7 Å². The second-order valence-electron chi connectivity index (χ2n) is 10.1. The molecule has 4 heteroatoms. The molecule has 0 heterocycles. The molecule has 0 aromatic carbocycles. The zero-order valence-corrected chi connectivity index (χ0v) is 18.7. The third-order valence-corrected chi connectivity index (χ3v) is 9.74. The lowest BCUT2D eigenvalue weighted by Crippen LogP contribution is -2.54. The Labute approximate surface area is 171 Å². The average Bonchev–Trinajstić information content (AvgIpc) is 2.93. The van der Waals surface area contributed by atoms with Crippen LogP contribution in [-0.2, 0) is 14.3 Å². The molecule has 3 nitrogen and oxygen atoms in total. The first-order chi connectivity index (χ1) is 12.7. The number of halogens is 1. The number of rotatable bonds is 2. The van der Waals surface area contributed by atoms with E-state index in [2.05, 4.69) is 35.9 Å². The van der Waals surface area contributed by atoms with Crippen molar-refractivity contribution in [2.45, 2.75) is 83.6 Å². The van der Waals surface area contributed by atoms with Gasteiger partial charge in [0, 0.05) is 24.1 Å². The molecule has 3 saturated carbocycles. The van der Waals surface area contributed by atoms with Crippen LogP contribution in [0.4, 0.5) is 0 Å². The summed E-state index contributed by atoms with van der Waals surface area (Å²) < 4.78 is 5.55. The fraction of sp³-hybridized carbons (Fsp3) is 0.826. The maximum Gasteiger partial charge on any atom is 0.302 e. The highest BCUT2D eigenvalue weighted by atomic mass is 79.9. The van der Waals surface area contributed by atoms with Crippen molar-refractivity contribution in [2.75, 3.05) is 0 Å². The molecule has 0 saturated heterocycles. The van der Waals surface area contributed by atoms with Crippen LogP contribution in [0.5, 0.6) is 0 Å². The third kappa shape index (κ3) is 2.96. The number of esters is 1. The number of fused-ring (bicyclic) bond motifs is 5. The van der Waals surface area contributed by atoms with Crippen molar-refractivity contribution in [1.29, 1.82) is 0 Å². The van der Waals surface area contributed by atoms with Gasteiger partial charge in [0.1, 0.15) is 11.9 Å². The molecule has 8 atom stereocenters. The highest BCUT2D eigenvalue weighted by Gasteiger charge is 2.61. The Morgan fingerprint density at radius 1 is 1.07 bits per heavy atom. The highest BCUT2D eigenvalue weighted by Crippen LogP contribution is 2.67. The minimum atomic E-state index is -0.164. The molecule has 0 aromatic rings. The van der Waals surface area contributed by atoms with Gasteiger partial charge in [-0.3, -0.25) is 9.59 Å². The molecule has 0 spiro atoms. The molecular weight excluding hydrogens is 404 g/mol. The van der Waals surface area contributed by atoms with E-state index in [-0.39, 0.29) is 28.8 Å². The predicted octanol–water partition coefficient (Wildman–Crippen LogP) is 5.46. The summed E-state index contributed by atoms with van der Waals surface area (Å²) in [5, 5.41) is 0. The molecule has 1 unspecified atom stereocenters. The van der Waals surface area contributed by atoms with E-state index in [0.29, 0.717) is 28.4 Å². The van der Waals surface area contributed by atoms with E-state index >= 15 is 0 Å². The number of hydrogen-bond acceptors (Lipinski definition) is 3. The standard InChI is InChI=1S/C23H33BrO3/c1-13(25)17-5-6-18-21-19(8-10-23(17,18)4)22(3)9-7-16(27-14(2)26)11-15(22)12-20(21)24/h12,16-21H,5-11H2,1-4H3/t16-,17-,18+,19+,20?,21+,22+,23-/m1/s1. The number of carbonyl (C=O) groups excluding carboxylic acids is 2. The summed E-state index contributed by atoms with van der Waals surface area (Å²) in [5.41, 5.74) is 1.89. The second kappa shape index (κ2) is 6.71. The van der Waals surface area contributed by atoms with Gasteiger partial charge in [-0.1, -0.05) is 41.4 Å². The largest absolute Gasteiger partial charge is 0.462 e. The monoisotopic (exact) mass is 436 g/mol. The van der Waals surface area contributed by atoms with Crippen molar-refractivity contribution >= 4 is 27.7 Å². The molecule has 4 aliphatic rings. The fourth-order valence-corrected chi connectivity index (χ4v) is 8.63. The van der Waals surface area contributed by atoms with Gasteiger partial charge in [0.05, 0.1) is 0 Å². The summed E-state index contributed by atoms with van der Waals surface area (Å²) in [6.45, 7) is 8.16. The number of carbonyl (C=O) groups is 2. The first-order valence-electron chi connectivity index (χ1n) is 10.7. The van der Waals surface area contributed by atoms with Crippen molar-refractivity contribution in [2.24, 2.45) is 34.5 Å². The van der Waals surface area contributed by atoms with Crippen LogP contribution in [0.3, 0.4) is 0 Å². The molecule has 4 rings (SSSR count). The number of alkyl halides is 1. The van der Waals surface area contributed by atoms with Crippen LogP contribution >= 0.6 is 15.9 Å². The number of ketones is 1. The molecule has 27 heavy (non-hydrogen) atoms. The summed E-state index contributed by atoms with van der Waals surface area (Å²) in [7, 11) is 0. The van der Waals surface area contributed by atoms with Gasteiger partial charge >= 0.3 is 5.97 Å². The number of ether oxygens (including phenoxy) is 1. The SMILES string of the molecule is CC(=O)O[C@@H]1CC[C@@]2(C)C(=CC(Br)[C@H]3[C@@H]4CC[C@H](C(C)=O)[C@@]4(C)CC[C@@H]32)C1. The Kier molecular flexibility index (Phi) is 4.89. The van der Waals surface area contributed by atoms with Crippen LogP contribution < -0.4 is 0 Å². The van der Waals surface area contributed by atoms with Crippen molar-refractivity contribution in [1.82, 2.24) is 0 Å². The van der Waals surface area contributed by atoms with Gasteiger partial charge in [0.25, 0.3) is 0 Å². The molecule has 3 fully saturated rings. The second-order valence-corrected chi connectivity index (χ2v) is 11.2. The van der Waals surface area contributed by atoms with E-state index in [1.54, 1.807) is 6.92 Å². The zero-order chi connectivity index (χ0) is 19.6. The van der Waals surface area contributed by atoms with E-state index in [4.69, 9.17) is 4.74 Å². The van der Waals surface area contributed by atoms with Gasteiger partial charge in [0.2, 0.25) is 0 Å². The Morgan fingerprint density at radius 2 is 1.81 bits per heavy atom. The molecule has 4 aliphatic carbocycles. The van der Waals surface area contributed by atoms with E-state index in [9.17, 15) is 9.59 Å². The van der Waals surface area contributed by atoms with Gasteiger partial charge in [-0.05, 0) is 74.0 Å². The molecule has 0 bridgehead atoms. The van der Waals surface area contributed by atoms with Crippen LogP contribution in [0, 0.1) is 34.5 Å². The predicted molar refractivity (Wildman–Crippen MR) is 110 cm³/mol. The van der Waals surface area contributed by atoms with Gasteiger partial charge in [0.15, 0.2) is 0 Å². The smallest absolute Gasteiger partial charge is 0.302 e. The Balaban J connectivity index is 1.64. The summed E-state index contributed by atoms with van der Waals surface area (Å²) in [4.78, 5) is 24.1. The van der Waals surface area contributed by atoms with Crippen molar-refractivity contribution in [3.05, 3.63) is 11.6 Å². The summed E-state index contributed by atoms with van der Waals surface area (Å²) in [5.74, 6) is 2.40. The van der Waals surface area contributed by atoms with Crippen LogP contribution in [0.1, 0.15) is 72.6 Å². The van der Waals surface area contributed by atoms with Crippen molar-refractivity contribution in [3.63, 3.8) is 0 Å². The van der Waals surface area contributed by atoms with Crippen molar-refractivity contribution < 1.29 is 14.3 Å². The topological polar surface area (TPSA) is 43.4 Å². The van der Waals surface area contributed by atoms with Crippen LogP contribution in [0.25, 0.3) is 0 Å². The van der Waals surface area contributed by atoms with E-state index in [1.807, 2.05) is 0 Å². The minimum absolute atomic E-state index is 0.0421. The lowest BCUT2D eigenvalue weighted by molar-refractivity contribution is -0.149. The van der Waals surface area contributed by atoms with E-state index in [0.717, 1.165) is 25.7 Å². The fourth-order valence-electron chi connectivity index (χ4n) is 7.57. The average molecular weight is 437 g/mol. The molecular formula is C23H33BrO3. The summed E-state index contributed by atoms with van der Waals surface area (Å²) >= 11 is 4.04. The van der Waals surface area contributed by atoms with Crippen molar-refractivity contribution in [3.8, 4) is 0 Å². The van der Waals surface area contributed by atoms with Gasteiger partial charge in [-0.2, -0.15) is 0 Å². The van der Waals surface area contributed by atoms with Gasteiger partial charge in [-0.25, -0.2) is 0 Å². The Morgan fingerprint density at radius 3 is 2.48 bits per heavy atom. The number of allylic oxidation sites excluding steroid dienone is 1. The first-order valence-corrected chi connectivity index (χ1v) is 11.6. The summed E-state index contributed by atoms with van der Waals surface area (Å²) in [6.07, 6.45) is 10.1. The van der Waals surface area contributed by atoms with E-state index in [1.165, 1.54) is 31.8 Å². The molecule has 0 aromatic heterocycles. The third-order valence-electron chi connectivity index (χ3n) is 8.87. The number of hydrogen-bond donors (Lipinski definition) is 0. The molecule has 0 aliphatic heterocycles. The Hall–Kier alpha value is -0.640. The minimum Gasteiger partial charge on any atom is -0.462 e. The molecule has 0 amide bonds. The highest BCUT2D eigenvalue weighted by molar-refractivity contribution is 9.09. The number of Topliss-reactive ketones (excluding diaryl/α,β-unsaturated/α-hetero) is 1. The molecule has 150 valence electrons. The maximum atomic E-state index is 12.3. The molecule has 0 radical (unpaired) electrons. The van der Waals surface area contributed by atoms with Crippen LogP contribution in [0.2, 0.25) is 0 Å². The molecule has 0 N–H and O–H groups in total. The van der Waals surface area contributed by atoms with E-state index < -0.39 is 0 Å².